The number of ether oxygens (including phenoxy) is 1. The number of aromatic nitrogens is 2. The Morgan fingerprint density at radius 2 is 2.09 bits per heavy atom. The first-order valence-electron chi connectivity index (χ1n) is 7.25. The van der Waals surface area contributed by atoms with Crippen LogP contribution < -0.4 is 5.32 Å². The van der Waals surface area contributed by atoms with Crippen LogP contribution in [0.4, 0.5) is 4.79 Å². The van der Waals surface area contributed by atoms with Crippen LogP contribution in [0.5, 0.6) is 0 Å². The van der Waals surface area contributed by atoms with E-state index in [0.29, 0.717) is 18.8 Å². The molecule has 1 heterocycles. The highest BCUT2D eigenvalue weighted by molar-refractivity contribution is 5.76. The van der Waals surface area contributed by atoms with Gasteiger partial charge in [-0.05, 0) is 32.9 Å². The number of nitrogens with one attached hydrogen (secondary N) is 1. The van der Waals surface area contributed by atoms with Gasteiger partial charge in [0.25, 0.3) is 0 Å². The molecular formula is C16H21N3O3. The van der Waals surface area contributed by atoms with E-state index in [0.717, 1.165) is 17.3 Å². The molecule has 118 valence electrons. The fraction of sp³-hybridized carbons (Fsp3) is 0.438. The lowest BCUT2D eigenvalue weighted by molar-refractivity contribution is -0.108. The zero-order valence-electron chi connectivity index (χ0n) is 13.1. The molecule has 0 aliphatic heterocycles. The molecule has 0 aliphatic carbocycles. The molecule has 0 bridgehead atoms. The van der Waals surface area contributed by atoms with E-state index in [9.17, 15) is 9.59 Å². The van der Waals surface area contributed by atoms with Gasteiger partial charge in [0.15, 0.2) is 0 Å². The fourth-order valence-corrected chi connectivity index (χ4v) is 2.16. The van der Waals surface area contributed by atoms with Crippen LogP contribution in [0, 0.1) is 0 Å². The first-order chi connectivity index (χ1) is 10.4. The molecular weight excluding hydrogens is 282 g/mol. The third-order valence-corrected chi connectivity index (χ3v) is 2.99. The van der Waals surface area contributed by atoms with Crippen LogP contribution in [-0.4, -0.2) is 27.5 Å². The summed E-state index contributed by atoms with van der Waals surface area (Å²) >= 11 is 0. The number of amides is 1. The highest BCUT2D eigenvalue weighted by atomic mass is 16.6. The van der Waals surface area contributed by atoms with Crippen LogP contribution >= 0.6 is 0 Å². The third kappa shape index (κ3) is 4.07. The molecule has 0 aliphatic rings. The summed E-state index contributed by atoms with van der Waals surface area (Å²) in [7, 11) is 0. The van der Waals surface area contributed by atoms with Crippen molar-refractivity contribution in [2.75, 3.05) is 0 Å². The van der Waals surface area contributed by atoms with Gasteiger partial charge >= 0.3 is 6.09 Å². The lowest BCUT2D eigenvalue weighted by atomic mass is 10.2. The van der Waals surface area contributed by atoms with Crippen LogP contribution in [-0.2, 0) is 22.6 Å². The maximum absolute atomic E-state index is 11.7. The number of imidazole rings is 1. The first-order valence-corrected chi connectivity index (χ1v) is 7.25. The van der Waals surface area contributed by atoms with Crippen molar-refractivity contribution < 1.29 is 14.3 Å². The molecule has 0 unspecified atom stereocenters. The molecule has 1 aromatic carbocycles. The molecule has 0 spiro atoms. The van der Waals surface area contributed by atoms with E-state index >= 15 is 0 Å². The average Bonchev–Trinajstić information content (AvgIpc) is 2.79. The largest absolute Gasteiger partial charge is 0.444 e. The summed E-state index contributed by atoms with van der Waals surface area (Å²) in [4.78, 5) is 26.9. The number of carbonyl (C=O) groups is 2. The highest BCUT2D eigenvalue weighted by Gasteiger charge is 2.17. The number of aldehydes is 1. The molecule has 2 rings (SSSR count). The SMILES string of the molecule is CC(C)(C)OC(=O)NCc1nc2ccccc2n1CCC=O. The molecule has 1 amide bonds. The Hall–Kier alpha value is -2.37. The smallest absolute Gasteiger partial charge is 0.408 e. The number of hydrogen-bond acceptors (Lipinski definition) is 4. The second-order valence-electron chi connectivity index (χ2n) is 5.98. The summed E-state index contributed by atoms with van der Waals surface area (Å²) in [6.07, 6.45) is 0.793. The Kier molecular flexibility index (Phi) is 4.80. The lowest BCUT2D eigenvalue weighted by Gasteiger charge is -2.19. The number of fused-ring (bicyclic) bond motifs is 1. The summed E-state index contributed by atoms with van der Waals surface area (Å²) in [5.41, 5.74) is 1.25. The maximum Gasteiger partial charge on any atom is 0.408 e. The Labute approximate surface area is 129 Å². The van der Waals surface area contributed by atoms with Crippen LogP contribution in [0.3, 0.4) is 0 Å². The Balaban J connectivity index is 2.15. The van der Waals surface area contributed by atoms with Crippen molar-refractivity contribution in [1.82, 2.24) is 14.9 Å². The lowest BCUT2D eigenvalue weighted by Crippen LogP contribution is -2.32. The monoisotopic (exact) mass is 303 g/mol. The number of carbonyl (C=O) groups excluding carboxylic acids is 2. The van der Waals surface area contributed by atoms with Crippen LogP contribution in [0.15, 0.2) is 24.3 Å². The summed E-state index contributed by atoms with van der Waals surface area (Å²) in [5.74, 6) is 0.703. The van der Waals surface area contributed by atoms with Gasteiger partial charge in [0.2, 0.25) is 0 Å². The van der Waals surface area contributed by atoms with Gasteiger partial charge in [-0.2, -0.15) is 0 Å². The van der Waals surface area contributed by atoms with Gasteiger partial charge in [-0.15, -0.1) is 0 Å². The van der Waals surface area contributed by atoms with E-state index in [1.54, 1.807) is 0 Å². The van der Waals surface area contributed by atoms with Gasteiger partial charge in [0.05, 0.1) is 17.6 Å². The van der Waals surface area contributed by atoms with Gasteiger partial charge in [-0.3, -0.25) is 0 Å². The molecule has 0 saturated heterocycles. The van der Waals surface area contributed by atoms with Crippen molar-refractivity contribution in [2.45, 2.75) is 45.9 Å². The van der Waals surface area contributed by atoms with Gasteiger partial charge in [0, 0.05) is 13.0 Å². The second kappa shape index (κ2) is 6.60. The van der Waals surface area contributed by atoms with Gasteiger partial charge < -0.3 is 19.4 Å². The quantitative estimate of drug-likeness (QED) is 0.862. The van der Waals surface area contributed by atoms with Crippen molar-refractivity contribution in [1.29, 1.82) is 0 Å². The van der Waals surface area contributed by atoms with Gasteiger partial charge in [-0.25, -0.2) is 9.78 Å². The summed E-state index contributed by atoms with van der Waals surface area (Å²) in [5, 5.41) is 2.70. The minimum atomic E-state index is -0.540. The second-order valence-corrected chi connectivity index (χ2v) is 5.98. The molecule has 1 N–H and O–H groups in total. The Morgan fingerprint density at radius 3 is 2.77 bits per heavy atom. The van der Waals surface area contributed by atoms with Crippen molar-refractivity contribution in [2.24, 2.45) is 0 Å². The number of alkyl carbamates (subject to hydrolysis) is 1. The molecule has 22 heavy (non-hydrogen) atoms. The van der Waals surface area contributed by atoms with Crippen LogP contribution in [0.1, 0.15) is 33.0 Å². The topological polar surface area (TPSA) is 73.2 Å². The molecule has 0 saturated carbocycles. The standard InChI is InChI=1S/C16H21N3O3/c1-16(2,3)22-15(21)17-11-14-18-12-7-4-5-8-13(12)19(14)9-6-10-20/h4-5,7-8,10H,6,9,11H2,1-3H3,(H,17,21). The molecule has 6 nitrogen and oxygen atoms in total. The van der Waals surface area contributed by atoms with Crippen molar-refractivity contribution in [3.63, 3.8) is 0 Å². The average molecular weight is 303 g/mol. The van der Waals surface area contributed by atoms with E-state index in [2.05, 4.69) is 10.3 Å². The predicted molar refractivity (Wildman–Crippen MR) is 83.5 cm³/mol. The van der Waals surface area contributed by atoms with E-state index in [1.807, 2.05) is 49.6 Å². The van der Waals surface area contributed by atoms with Crippen molar-refractivity contribution >= 4 is 23.4 Å². The number of benzene rings is 1. The predicted octanol–water partition coefficient (Wildman–Crippen LogP) is 2.65. The fourth-order valence-electron chi connectivity index (χ4n) is 2.16. The molecule has 1 aromatic heterocycles. The van der Waals surface area contributed by atoms with E-state index in [-0.39, 0.29) is 6.54 Å². The molecule has 0 radical (unpaired) electrons. The van der Waals surface area contributed by atoms with E-state index in [1.165, 1.54) is 0 Å². The molecule has 2 aromatic rings. The van der Waals surface area contributed by atoms with E-state index < -0.39 is 11.7 Å². The number of para-hydroxylation sites is 2. The summed E-state index contributed by atoms with van der Waals surface area (Å²) in [6.45, 7) is 6.22. The number of rotatable bonds is 5. The molecule has 6 heteroatoms. The number of hydrogen-bond donors (Lipinski definition) is 1. The molecule has 0 atom stereocenters. The van der Waals surface area contributed by atoms with Crippen LogP contribution in [0.2, 0.25) is 0 Å². The zero-order chi connectivity index (χ0) is 16.2. The van der Waals surface area contributed by atoms with Crippen LogP contribution in [0.25, 0.3) is 11.0 Å². The Bertz CT molecular complexity index is 671. The minimum Gasteiger partial charge on any atom is -0.444 e. The van der Waals surface area contributed by atoms with Crippen molar-refractivity contribution in [3.05, 3.63) is 30.1 Å². The highest BCUT2D eigenvalue weighted by Crippen LogP contribution is 2.16. The number of aryl methyl sites for hydroxylation is 1. The van der Waals surface area contributed by atoms with E-state index in [4.69, 9.17) is 4.74 Å². The van der Waals surface area contributed by atoms with Crippen molar-refractivity contribution in [3.8, 4) is 0 Å². The normalized spacial score (nSPS) is 11.4. The maximum atomic E-state index is 11.7. The Morgan fingerprint density at radius 1 is 1.36 bits per heavy atom. The number of nitrogens with zero attached hydrogens (tertiary/aromatic N) is 2. The molecule has 0 fully saturated rings. The zero-order valence-corrected chi connectivity index (χ0v) is 13.1. The third-order valence-electron chi connectivity index (χ3n) is 2.99. The summed E-state index contributed by atoms with van der Waals surface area (Å²) in [6, 6.07) is 7.69. The minimum absolute atomic E-state index is 0.252. The first kappa shape index (κ1) is 16.0. The van der Waals surface area contributed by atoms with Gasteiger partial charge in [-0.1, -0.05) is 12.1 Å². The summed E-state index contributed by atoms with van der Waals surface area (Å²) < 4.78 is 7.16. The van der Waals surface area contributed by atoms with Gasteiger partial charge in [0.1, 0.15) is 17.7 Å².